The molecule has 0 aromatic heterocycles. The standard InChI is InChI=1S/C21H25BrN2O3S/c1-15-10-12-24(13-11-15)28(26,27)19-7-4-17(5-8-19)21(25)23(3)20-9-6-18(22)14-16(20)2/h4-9,14-15H,10-13H2,1-3H3. The van der Waals surface area contributed by atoms with Gasteiger partial charge in [0.1, 0.15) is 0 Å². The molecule has 5 nitrogen and oxygen atoms in total. The minimum Gasteiger partial charge on any atom is -0.311 e. The van der Waals surface area contributed by atoms with Crippen LogP contribution in [0.5, 0.6) is 0 Å². The van der Waals surface area contributed by atoms with Gasteiger partial charge in [-0.1, -0.05) is 22.9 Å². The average molecular weight is 465 g/mol. The fourth-order valence-electron chi connectivity index (χ4n) is 3.44. The van der Waals surface area contributed by atoms with Gasteiger partial charge in [0.05, 0.1) is 4.90 Å². The van der Waals surface area contributed by atoms with Crippen LogP contribution in [-0.2, 0) is 10.0 Å². The lowest BCUT2D eigenvalue weighted by Crippen LogP contribution is -2.37. The monoisotopic (exact) mass is 464 g/mol. The van der Waals surface area contributed by atoms with Crippen molar-refractivity contribution in [2.24, 2.45) is 5.92 Å². The summed E-state index contributed by atoms with van der Waals surface area (Å²) < 4.78 is 28.2. The largest absolute Gasteiger partial charge is 0.311 e. The zero-order chi connectivity index (χ0) is 20.5. The molecule has 0 atom stereocenters. The summed E-state index contributed by atoms with van der Waals surface area (Å²) in [6.45, 7) is 5.19. The molecule has 2 aromatic carbocycles. The highest BCUT2D eigenvalue weighted by molar-refractivity contribution is 9.10. The molecule has 0 aliphatic carbocycles. The molecule has 1 saturated heterocycles. The molecule has 0 bridgehead atoms. The molecule has 28 heavy (non-hydrogen) atoms. The van der Waals surface area contributed by atoms with E-state index in [9.17, 15) is 13.2 Å². The van der Waals surface area contributed by atoms with Crippen LogP contribution in [0.2, 0.25) is 0 Å². The van der Waals surface area contributed by atoms with E-state index >= 15 is 0 Å². The third-order valence-electron chi connectivity index (χ3n) is 5.31. The second-order valence-corrected chi connectivity index (χ2v) is 10.3. The number of hydrogen-bond acceptors (Lipinski definition) is 3. The number of carbonyl (C=O) groups excluding carboxylic acids is 1. The van der Waals surface area contributed by atoms with Crippen molar-refractivity contribution in [1.29, 1.82) is 0 Å². The van der Waals surface area contributed by atoms with Crippen molar-refractivity contribution < 1.29 is 13.2 Å². The van der Waals surface area contributed by atoms with E-state index in [2.05, 4.69) is 22.9 Å². The number of anilines is 1. The van der Waals surface area contributed by atoms with Crippen LogP contribution >= 0.6 is 15.9 Å². The summed E-state index contributed by atoms with van der Waals surface area (Å²) in [7, 11) is -1.79. The molecule has 1 amide bonds. The van der Waals surface area contributed by atoms with Gasteiger partial charge in [0.15, 0.2) is 0 Å². The molecule has 3 rings (SSSR count). The number of sulfonamides is 1. The maximum absolute atomic E-state index is 12.8. The summed E-state index contributed by atoms with van der Waals surface area (Å²) >= 11 is 3.43. The number of amides is 1. The van der Waals surface area contributed by atoms with E-state index in [1.807, 2.05) is 25.1 Å². The average Bonchev–Trinajstić information content (AvgIpc) is 2.67. The zero-order valence-electron chi connectivity index (χ0n) is 16.4. The lowest BCUT2D eigenvalue weighted by atomic mass is 10.0. The summed E-state index contributed by atoms with van der Waals surface area (Å²) in [5.74, 6) is 0.380. The lowest BCUT2D eigenvalue weighted by molar-refractivity contribution is 0.0992. The van der Waals surface area contributed by atoms with E-state index in [1.54, 1.807) is 28.4 Å². The molecular weight excluding hydrogens is 440 g/mol. The first-order chi connectivity index (χ1) is 13.2. The van der Waals surface area contributed by atoms with E-state index in [0.717, 1.165) is 28.6 Å². The fourth-order valence-corrected chi connectivity index (χ4v) is 5.39. The Balaban J connectivity index is 1.79. The Labute approximate surface area is 175 Å². The molecule has 1 aliphatic heterocycles. The normalized spacial score (nSPS) is 16.1. The summed E-state index contributed by atoms with van der Waals surface area (Å²) in [5, 5.41) is 0. The molecule has 1 aliphatic rings. The van der Waals surface area contributed by atoms with Crippen molar-refractivity contribution in [2.75, 3.05) is 25.0 Å². The van der Waals surface area contributed by atoms with Crippen LogP contribution in [0, 0.1) is 12.8 Å². The SMILES string of the molecule is Cc1cc(Br)ccc1N(C)C(=O)c1ccc(S(=O)(=O)N2CCC(C)CC2)cc1. The van der Waals surface area contributed by atoms with E-state index in [0.29, 0.717) is 24.6 Å². The van der Waals surface area contributed by atoms with Gasteiger partial charge in [-0.3, -0.25) is 4.79 Å². The number of carbonyl (C=O) groups is 1. The summed E-state index contributed by atoms with van der Waals surface area (Å²) in [4.78, 5) is 14.7. The fraction of sp³-hybridized carbons (Fsp3) is 0.381. The quantitative estimate of drug-likeness (QED) is 0.670. The first-order valence-electron chi connectivity index (χ1n) is 9.34. The molecule has 0 saturated carbocycles. The van der Waals surface area contributed by atoms with E-state index in [-0.39, 0.29) is 10.8 Å². The summed E-state index contributed by atoms with van der Waals surface area (Å²) in [6, 6.07) is 12.0. The van der Waals surface area contributed by atoms with Crippen LogP contribution in [0.3, 0.4) is 0 Å². The first-order valence-corrected chi connectivity index (χ1v) is 11.6. The molecule has 0 radical (unpaired) electrons. The van der Waals surface area contributed by atoms with E-state index in [1.165, 1.54) is 12.1 Å². The van der Waals surface area contributed by atoms with Crippen LogP contribution in [-0.4, -0.2) is 38.8 Å². The van der Waals surface area contributed by atoms with Crippen LogP contribution in [0.1, 0.15) is 35.7 Å². The van der Waals surface area contributed by atoms with Crippen molar-refractivity contribution in [1.82, 2.24) is 4.31 Å². The topological polar surface area (TPSA) is 57.7 Å². The molecule has 0 spiro atoms. The van der Waals surface area contributed by atoms with Gasteiger partial charge < -0.3 is 4.90 Å². The van der Waals surface area contributed by atoms with Gasteiger partial charge in [0.25, 0.3) is 5.91 Å². The van der Waals surface area contributed by atoms with Crippen molar-refractivity contribution in [3.05, 3.63) is 58.1 Å². The Morgan fingerprint density at radius 2 is 1.71 bits per heavy atom. The van der Waals surface area contributed by atoms with Gasteiger partial charge in [-0.15, -0.1) is 0 Å². The van der Waals surface area contributed by atoms with Gasteiger partial charge in [0, 0.05) is 35.9 Å². The predicted molar refractivity (Wildman–Crippen MR) is 115 cm³/mol. The van der Waals surface area contributed by atoms with Crippen molar-refractivity contribution >= 4 is 37.5 Å². The van der Waals surface area contributed by atoms with Gasteiger partial charge >= 0.3 is 0 Å². The third kappa shape index (κ3) is 4.31. The molecular formula is C21H25BrN2O3S. The molecule has 0 unspecified atom stereocenters. The second kappa shape index (κ2) is 8.35. The Morgan fingerprint density at radius 1 is 1.11 bits per heavy atom. The number of nitrogens with zero attached hydrogens (tertiary/aromatic N) is 2. The van der Waals surface area contributed by atoms with Crippen LogP contribution in [0.4, 0.5) is 5.69 Å². The molecule has 2 aromatic rings. The smallest absolute Gasteiger partial charge is 0.258 e. The van der Waals surface area contributed by atoms with Crippen LogP contribution < -0.4 is 4.90 Å². The van der Waals surface area contributed by atoms with Crippen LogP contribution in [0.25, 0.3) is 0 Å². The number of hydrogen-bond donors (Lipinski definition) is 0. The Morgan fingerprint density at radius 3 is 2.29 bits per heavy atom. The number of benzene rings is 2. The van der Waals surface area contributed by atoms with Crippen molar-refractivity contribution in [2.45, 2.75) is 31.6 Å². The van der Waals surface area contributed by atoms with Gasteiger partial charge in [-0.2, -0.15) is 4.31 Å². The lowest BCUT2D eigenvalue weighted by Gasteiger charge is -2.29. The van der Waals surface area contributed by atoms with E-state index < -0.39 is 10.0 Å². The minimum atomic E-state index is -3.51. The first kappa shape index (κ1) is 21.0. The second-order valence-electron chi connectivity index (χ2n) is 7.41. The van der Waals surface area contributed by atoms with Crippen molar-refractivity contribution in [3.8, 4) is 0 Å². The molecule has 150 valence electrons. The van der Waals surface area contributed by atoms with Gasteiger partial charge in [-0.05, 0) is 73.7 Å². The highest BCUT2D eigenvalue weighted by Crippen LogP contribution is 2.26. The minimum absolute atomic E-state index is 0.179. The Kier molecular flexibility index (Phi) is 6.27. The number of halogens is 1. The number of aryl methyl sites for hydroxylation is 1. The van der Waals surface area contributed by atoms with Gasteiger partial charge in [0.2, 0.25) is 10.0 Å². The summed E-state index contributed by atoms with van der Waals surface area (Å²) in [5.41, 5.74) is 2.24. The number of rotatable bonds is 4. The molecule has 7 heteroatoms. The third-order valence-corrected chi connectivity index (χ3v) is 7.71. The van der Waals surface area contributed by atoms with Crippen molar-refractivity contribution in [3.63, 3.8) is 0 Å². The maximum Gasteiger partial charge on any atom is 0.258 e. The maximum atomic E-state index is 12.8. The predicted octanol–water partition coefficient (Wildman–Crippen LogP) is 4.45. The van der Waals surface area contributed by atoms with E-state index in [4.69, 9.17) is 0 Å². The Bertz CT molecular complexity index is 966. The molecule has 1 fully saturated rings. The molecule has 1 heterocycles. The highest BCUT2D eigenvalue weighted by atomic mass is 79.9. The molecule has 0 N–H and O–H groups in total. The Hall–Kier alpha value is -1.70. The highest BCUT2D eigenvalue weighted by Gasteiger charge is 2.28. The summed E-state index contributed by atoms with van der Waals surface area (Å²) in [6.07, 6.45) is 1.76. The zero-order valence-corrected chi connectivity index (χ0v) is 18.8. The van der Waals surface area contributed by atoms with Gasteiger partial charge in [-0.25, -0.2) is 8.42 Å². The number of piperidine rings is 1. The van der Waals surface area contributed by atoms with Crippen LogP contribution in [0.15, 0.2) is 51.8 Å².